The van der Waals surface area contributed by atoms with Crippen molar-refractivity contribution in [1.82, 2.24) is 5.32 Å². The van der Waals surface area contributed by atoms with Crippen LogP contribution in [0.15, 0.2) is 18.2 Å². The van der Waals surface area contributed by atoms with Gasteiger partial charge in [-0.05, 0) is 43.9 Å². The second-order valence-electron chi connectivity index (χ2n) is 5.15. The molecule has 3 heteroatoms. The molecule has 1 N–H and O–H groups in total. The van der Waals surface area contributed by atoms with Crippen molar-refractivity contribution in [2.45, 2.75) is 52.0 Å². The molecule has 0 aliphatic rings. The smallest absolute Gasteiger partial charge is 0.145 e. The highest BCUT2D eigenvalue weighted by atomic mass is 35.5. The van der Waals surface area contributed by atoms with Gasteiger partial charge in [-0.3, -0.25) is 0 Å². The Labute approximate surface area is 121 Å². The Kier molecular flexibility index (Phi) is 7.40. The Morgan fingerprint density at radius 2 is 1.84 bits per heavy atom. The Hall–Kier alpha value is -0.600. The highest BCUT2D eigenvalue weighted by molar-refractivity contribution is 6.30. The predicted octanol–water partition coefficient (Wildman–Crippen LogP) is 4.83. The number of hydrogen-bond acceptors (Lipinski definition) is 1. The van der Waals surface area contributed by atoms with Crippen molar-refractivity contribution in [2.24, 2.45) is 5.92 Å². The summed E-state index contributed by atoms with van der Waals surface area (Å²) in [6.07, 6.45) is 5.40. The van der Waals surface area contributed by atoms with E-state index in [2.05, 4.69) is 19.2 Å². The van der Waals surface area contributed by atoms with Gasteiger partial charge in [0.25, 0.3) is 0 Å². The Balaban J connectivity index is 2.82. The zero-order valence-corrected chi connectivity index (χ0v) is 12.9. The molecule has 0 amide bonds. The number of halogens is 2. The topological polar surface area (TPSA) is 12.0 Å². The molecule has 0 saturated heterocycles. The minimum absolute atomic E-state index is 0.217. The second-order valence-corrected chi connectivity index (χ2v) is 5.56. The molecule has 1 aromatic rings. The molecule has 0 saturated carbocycles. The molecular weight excluding hydrogens is 261 g/mol. The Morgan fingerprint density at radius 1 is 1.21 bits per heavy atom. The van der Waals surface area contributed by atoms with Gasteiger partial charge in [0.1, 0.15) is 5.82 Å². The van der Waals surface area contributed by atoms with E-state index >= 15 is 0 Å². The maximum absolute atomic E-state index is 14.0. The number of nitrogens with one attached hydrogen (secondary N) is 1. The molecule has 108 valence electrons. The van der Waals surface area contributed by atoms with Crippen molar-refractivity contribution in [2.75, 3.05) is 7.05 Å². The summed E-state index contributed by atoms with van der Waals surface area (Å²) in [5, 5.41) is 3.57. The third kappa shape index (κ3) is 4.77. The molecule has 0 aliphatic heterocycles. The van der Waals surface area contributed by atoms with Crippen LogP contribution in [0.5, 0.6) is 0 Å². The monoisotopic (exact) mass is 285 g/mol. The molecule has 0 aromatic heterocycles. The highest BCUT2D eigenvalue weighted by Crippen LogP contribution is 2.24. The standard InChI is InChI=1S/C16H25ClFN/c1-4-7-12(8-5-2)15(19-3)11-13-9-6-10-14(17)16(13)18/h6,9-10,12,15,19H,4-5,7-8,11H2,1-3H3. The minimum atomic E-state index is -0.267. The van der Waals surface area contributed by atoms with Crippen molar-refractivity contribution in [3.05, 3.63) is 34.6 Å². The number of rotatable bonds is 8. The van der Waals surface area contributed by atoms with E-state index in [0.29, 0.717) is 23.9 Å². The fourth-order valence-corrected chi connectivity index (χ4v) is 2.93. The summed E-state index contributed by atoms with van der Waals surface area (Å²) in [7, 11) is 1.96. The lowest BCUT2D eigenvalue weighted by Crippen LogP contribution is -2.36. The average molecular weight is 286 g/mol. The molecule has 1 aromatic carbocycles. The van der Waals surface area contributed by atoms with Gasteiger partial charge in [-0.15, -0.1) is 0 Å². The van der Waals surface area contributed by atoms with Gasteiger partial charge in [0, 0.05) is 6.04 Å². The molecule has 1 nitrogen and oxygen atoms in total. The third-order valence-electron chi connectivity index (χ3n) is 3.73. The lowest BCUT2D eigenvalue weighted by atomic mass is 9.86. The molecule has 19 heavy (non-hydrogen) atoms. The van der Waals surface area contributed by atoms with E-state index in [1.54, 1.807) is 6.07 Å². The molecule has 0 bridgehead atoms. The zero-order valence-electron chi connectivity index (χ0n) is 12.2. The van der Waals surface area contributed by atoms with Gasteiger partial charge >= 0.3 is 0 Å². The van der Waals surface area contributed by atoms with Crippen LogP contribution in [0, 0.1) is 11.7 Å². The van der Waals surface area contributed by atoms with E-state index in [9.17, 15) is 4.39 Å². The maximum Gasteiger partial charge on any atom is 0.145 e. The third-order valence-corrected chi connectivity index (χ3v) is 4.02. The summed E-state index contributed by atoms with van der Waals surface area (Å²) < 4.78 is 14.0. The van der Waals surface area contributed by atoms with Crippen molar-refractivity contribution in [3.63, 3.8) is 0 Å². The fraction of sp³-hybridized carbons (Fsp3) is 0.625. The summed E-state index contributed by atoms with van der Waals surface area (Å²) >= 11 is 5.85. The van der Waals surface area contributed by atoms with Crippen LogP contribution in [0.4, 0.5) is 4.39 Å². The summed E-state index contributed by atoms with van der Waals surface area (Å²) in [5.41, 5.74) is 0.712. The molecule has 0 aliphatic carbocycles. The van der Waals surface area contributed by atoms with Gasteiger partial charge in [-0.1, -0.05) is 50.4 Å². The maximum atomic E-state index is 14.0. The molecule has 1 unspecified atom stereocenters. The largest absolute Gasteiger partial charge is 0.316 e. The van der Waals surface area contributed by atoms with Gasteiger partial charge in [0.15, 0.2) is 0 Å². The van der Waals surface area contributed by atoms with E-state index in [1.807, 2.05) is 19.2 Å². The number of likely N-dealkylation sites (N-methyl/N-ethyl adjacent to an activating group) is 1. The lowest BCUT2D eigenvalue weighted by molar-refractivity contribution is 0.320. The Morgan fingerprint density at radius 3 is 2.37 bits per heavy atom. The van der Waals surface area contributed by atoms with Crippen molar-refractivity contribution >= 4 is 11.6 Å². The number of benzene rings is 1. The van der Waals surface area contributed by atoms with Crippen molar-refractivity contribution in [1.29, 1.82) is 0 Å². The van der Waals surface area contributed by atoms with Crippen molar-refractivity contribution in [3.8, 4) is 0 Å². The summed E-state index contributed by atoms with van der Waals surface area (Å²) in [6, 6.07) is 5.57. The van der Waals surface area contributed by atoms with Gasteiger partial charge < -0.3 is 5.32 Å². The van der Waals surface area contributed by atoms with Crippen LogP contribution >= 0.6 is 11.6 Å². The predicted molar refractivity (Wildman–Crippen MR) is 81.3 cm³/mol. The molecule has 0 heterocycles. The minimum Gasteiger partial charge on any atom is -0.316 e. The van der Waals surface area contributed by atoms with Crippen LogP contribution in [-0.4, -0.2) is 13.1 Å². The van der Waals surface area contributed by atoms with Crippen molar-refractivity contribution < 1.29 is 4.39 Å². The first-order valence-electron chi connectivity index (χ1n) is 7.24. The molecule has 0 fully saturated rings. The molecular formula is C16H25ClFN. The molecule has 0 spiro atoms. The lowest BCUT2D eigenvalue weighted by Gasteiger charge is -2.27. The first-order valence-corrected chi connectivity index (χ1v) is 7.61. The SMILES string of the molecule is CCCC(CCC)C(Cc1cccc(Cl)c1F)NC. The van der Waals surface area contributed by atoms with E-state index in [0.717, 1.165) is 0 Å². The highest BCUT2D eigenvalue weighted by Gasteiger charge is 2.20. The van der Waals surface area contributed by atoms with E-state index in [-0.39, 0.29) is 10.8 Å². The van der Waals surface area contributed by atoms with Crippen LogP contribution in [0.3, 0.4) is 0 Å². The van der Waals surface area contributed by atoms with E-state index in [4.69, 9.17) is 11.6 Å². The molecule has 1 atom stereocenters. The van der Waals surface area contributed by atoms with Crippen LogP contribution in [-0.2, 0) is 6.42 Å². The van der Waals surface area contributed by atoms with E-state index < -0.39 is 0 Å². The quantitative estimate of drug-likeness (QED) is 0.722. The van der Waals surface area contributed by atoms with Gasteiger partial charge in [0.05, 0.1) is 5.02 Å². The first-order chi connectivity index (χ1) is 9.13. The van der Waals surface area contributed by atoms with Crippen LogP contribution < -0.4 is 5.32 Å². The Bertz CT molecular complexity index is 375. The average Bonchev–Trinajstić information content (AvgIpc) is 2.40. The summed E-state index contributed by atoms with van der Waals surface area (Å²) in [5.74, 6) is 0.328. The normalized spacial score (nSPS) is 12.9. The van der Waals surface area contributed by atoms with Gasteiger partial charge in [-0.2, -0.15) is 0 Å². The summed E-state index contributed by atoms with van der Waals surface area (Å²) in [4.78, 5) is 0. The number of hydrogen-bond donors (Lipinski definition) is 1. The van der Waals surface area contributed by atoms with Crippen LogP contribution in [0.1, 0.15) is 45.1 Å². The first kappa shape index (κ1) is 16.5. The summed E-state index contributed by atoms with van der Waals surface area (Å²) in [6.45, 7) is 4.41. The van der Waals surface area contributed by atoms with Gasteiger partial charge in [-0.25, -0.2) is 4.39 Å². The van der Waals surface area contributed by atoms with E-state index in [1.165, 1.54) is 25.7 Å². The zero-order chi connectivity index (χ0) is 14.3. The second kappa shape index (κ2) is 8.55. The molecule has 0 radical (unpaired) electrons. The van der Waals surface area contributed by atoms with Crippen LogP contribution in [0.2, 0.25) is 5.02 Å². The van der Waals surface area contributed by atoms with Gasteiger partial charge in [0.2, 0.25) is 0 Å². The van der Waals surface area contributed by atoms with Crippen LogP contribution in [0.25, 0.3) is 0 Å². The fourth-order valence-electron chi connectivity index (χ4n) is 2.74. The molecule has 1 rings (SSSR count).